The van der Waals surface area contributed by atoms with E-state index in [1.165, 1.54) is 0 Å². The Labute approximate surface area is 149 Å². The highest BCUT2D eigenvalue weighted by molar-refractivity contribution is 6.35. The van der Waals surface area contributed by atoms with Crippen molar-refractivity contribution in [2.24, 2.45) is 0 Å². The average molecular weight is 352 g/mol. The Bertz CT molecular complexity index is 1100. The van der Waals surface area contributed by atoms with E-state index in [1.54, 1.807) is 12.3 Å². The zero-order valence-electron chi connectivity index (χ0n) is 13.5. The fourth-order valence-corrected chi connectivity index (χ4v) is 3.11. The minimum Gasteiger partial charge on any atom is -0.455 e. The van der Waals surface area contributed by atoms with Gasteiger partial charge < -0.3 is 9.15 Å². The van der Waals surface area contributed by atoms with E-state index in [9.17, 15) is 4.79 Å². The van der Waals surface area contributed by atoms with Crippen molar-refractivity contribution in [1.82, 2.24) is 4.98 Å². The van der Waals surface area contributed by atoms with Crippen LogP contribution in [-0.4, -0.2) is 11.0 Å². The van der Waals surface area contributed by atoms with Crippen LogP contribution in [0, 0.1) is 6.92 Å². The van der Waals surface area contributed by atoms with Gasteiger partial charge in [-0.1, -0.05) is 48.0 Å². The molecule has 0 N–H and O–H groups in total. The average Bonchev–Trinajstić information content (AvgIpc) is 2.98. The molecule has 0 amide bonds. The quantitative estimate of drug-likeness (QED) is 0.470. The molecule has 2 aromatic heterocycles. The summed E-state index contributed by atoms with van der Waals surface area (Å²) in [6.45, 7) is 1.94. The van der Waals surface area contributed by atoms with E-state index in [-0.39, 0.29) is 12.4 Å². The van der Waals surface area contributed by atoms with E-state index in [0.29, 0.717) is 10.6 Å². The molecule has 0 fully saturated rings. The summed E-state index contributed by atoms with van der Waals surface area (Å²) in [5.41, 5.74) is 2.89. The van der Waals surface area contributed by atoms with E-state index >= 15 is 0 Å². The Hall–Kier alpha value is -2.85. The molecule has 0 saturated heterocycles. The third-order valence-electron chi connectivity index (χ3n) is 4.18. The molecule has 0 unspecified atom stereocenters. The number of esters is 1. The fourth-order valence-electron chi connectivity index (χ4n) is 2.90. The van der Waals surface area contributed by atoms with E-state index in [1.807, 2.05) is 49.4 Å². The molecule has 2 aromatic carbocycles. The summed E-state index contributed by atoms with van der Waals surface area (Å²) in [4.78, 5) is 16.8. The first-order chi connectivity index (χ1) is 12.1. The van der Waals surface area contributed by atoms with Crippen molar-refractivity contribution in [2.75, 3.05) is 0 Å². The van der Waals surface area contributed by atoms with Crippen LogP contribution in [0.1, 0.15) is 21.7 Å². The van der Waals surface area contributed by atoms with Crippen LogP contribution >= 0.6 is 11.6 Å². The van der Waals surface area contributed by atoms with Gasteiger partial charge in [-0.3, -0.25) is 4.98 Å². The lowest BCUT2D eigenvalue weighted by Crippen LogP contribution is -2.06. The number of hydrogen-bond donors (Lipinski definition) is 0. The molecule has 25 heavy (non-hydrogen) atoms. The third kappa shape index (κ3) is 2.75. The molecule has 0 atom stereocenters. The second kappa shape index (κ2) is 6.22. The van der Waals surface area contributed by atoms with E-state index in [4.69, 9.17) is 20.8 Å². The van der Waals surface area contributed by atoms with Gasteiger partial charge in [0, 0.05) is 28.1 Å². The molecule has 0 saturated carbocycles. The van der Waals surface area contributed by atoms with Crippen LogP contribution in [0.3, 0.4) is 0 Å². The molecule has 0 aliphatic heterocycles. The molecular formula is C20H14ClNO3. The lowest BCUT2D eigenvalue weighted by atomic mass is 10.1. The molecule has 5 heteroatoms. The highest BCUT2D eigenvalue weighted by Gasteiger charge is 2.20. The minimum atomic E-state index is -0.516. The largest absolute Gasteiger partial charge is 0.455 e. The topological polar surface area (TPSA) is 52.3 Å². The SMILES string of the molecule is Cc1c(C(=O)OCc2cccc3cccnc23)oc2c(Cl)cccc12. The molecule has 2 heterocycles. The maximum absolute atomic E-state index is 12.5. The Morgan fingerprint density at radius 1 is 1.16 bits per heavy atom. The molecule has 4 nitrogen and oxygen atoms in total. The lowest BCUT2D eigenvalue weighted by molar-refractivity contribution is 0.0439. The summed E-state index contributed by atoms with van der Waals surface area (Å²) in [7, 11) is 0. The van der Waals surface area contributed by atoms with Gasteiger partial charge in [-0.25, -0.2) is 4.79 Å². The van der Waals surface area contributed by atoms with E-state index < -0.39 is 5.97 Å². The standard InChI is InChI=1S/C20H14ClNO3/c1-12-15-8-3-9-16(21)19(15)25-18(12)20(23)24-11-14-6-2-5-13-7-4-10-22-17(13)14/h2-10H,11H2,1H3. The number of hydrogen-bond acceptors (Lipinski definition) is 4. The number of carbonyl (C=O) groups is 1. The van der Waals surface area contributed by atoms with Gasteiger partial charge in [-0.15, -0.1) is 0 Å². The van der Waals surface area contributed by atoms with Gasteiger partial charge in [-0.05, 0) is 19.1 Å². The van der Waals surface area contributed by atoms with Crippen LogP contribution < -0.4 is 0 Å². The van der Waals surface area contributed by atoms with Gasteiger partial charge >= 0.3 is 5.97 Å². The zero-order valence-corrected chi connectivity index (χ0v) is 14.2. The summed E-state index contributed by atoms with van der Waals surface area (Å²) in [5.74, 6) is -0.339. The van der Waals surface area contributed by atoms with Crippen LogP contribution in [0.2, 0.25) is 5.02 Å². The van der Waals surface area contributed by atoms with Gasteiger partial charge in [0.15, 0.2) is 5.58 Å². The van der Waals surface area contributed by atoms with Gasteiger partial charge in [0.2, 0.25) is 5.76 Å². The highest BCUT2D eigenvalue weighted by atomic mass is 35.5. The van der Waals surface area contributed by atoms with Crippen molar-refractivity contribution >= 4 is 39.4 Å². The molecular weight excluding hydrogens is 338 g/mol. The monoisotopic (exact) mass is 351 g/mol. The number of para-hydroxylation sites is 2. The smallest absolute Gasteiger partial charge is 0.374 e. The molecule has 124 valence electrons. The van der Waals surface area contributed by atoms with Crippen LogP contribution in [0.15, 0.2) is 59.1 Å². The number of carbonyl (C=O) groups excluding carboxylic acids is 1. The van der Waals surface area contributed by atoms with Crippen molar-refractivity contribution in [2.45, 2.75) is 13.5 Å². The molecule has 0 aliphatic rings. The Morgan fingerprint density at radius 2 is 1.96 bits per heavy atom. The van der Waals surface area contributed by atoms with Crippen LogP contribution in [0.5, 0.6) is 0 Å². The number of fused-ring (bicyclic) bond motifs is 2. The third-order valence-corrected chi connectivity index (χ3v) is 4.47. The molecule has 0 bridgehead atoms. The van der Waals surface area contributed by atoms with Crippen LogP contribution in [-0.2, 0) is 11.3 Å². The Balaban J connectivity index is 1.62. The number of halogens is 1. The molecule has 0 spiro atoms. The summed E-state index contributed by atoms with van der Waals surface area (Å²) < 4.78 is 11.1. The first-order valence-corrected chi connectivity index (χ1v) is 8.20. The maximum atomic E-state index is 12.5. The number of aromatic nitrogens is 1. The molecule has 4 rings (SSSR count). The number of ether oxygens (including phenoxy) is 1. The number of furan rings is 1. The first-order valence-electron chi connectivity index (χ1n) is 7.82. The fraction of sp³-hybridized carbons (Fsp3) is 0.100. The summed E-state index contributed by atoms with van der Waals surface area (Å²) in [6, 6.07) is 15.0. The minimum absolute atomic E-state index is 0.122. The number of nitrogens with zero attached hydrogens (tertiary/aromatic N) is 1. The summed E-state index contributed by atoms with van der Waals surface area (Å²) in [5, 5.41) is 2.28. The molecule has 4 aromatic rings. The summed E-state index contributed by atoms with van der Waals surface area (Å²) in [6.07, 6.45) is 1.72. The second-order valence-electron chi connectivity index (χ2n) is 5.74. The predicted octanol–water partition coefficient (Wildman–Crippen LogP) is 5.30. The van der Waals surface area contributed by atoms with Crippen molar-refractivity contribution in [3.63, 3.8) is 0 Å². The van der Waals surface area contributed by atoms with Crippen LogP contribution in [0.4, 0.5) is 0 Å². The first kappa shape index (κ1) is 15.7. The van der Waals surface area contributed by atoms with E-state index in [0.717, 1.165) is 27.4 Å². The van der Waals surface area contributed by atoms with Gasteiger partial charge in [0.05, 0.1) is 10.5 Å². The number of pyridine rings is 1. The maximum Gasteiger partial charge on any atom is 0.374 e. The Morgan fingerprint density at radius 3 is 2.80 bits per heavy atom. The predicted molar refractivity (Wildman–Crippen MR) is 96.8 cm³/mol. The van der Waals surface area contributed by atoms with Crippen molar-refractivity contribution in [3.8, 4) is 0 Å². The van der Waals surface area contributed by atoms with Crippen molar-refractivity contribution in [3.05, 3.63) is 76.6 Å². The second-order valence-corrected chi connectivity index (χ2v) is 6.15. The lowest BCUT2D eigenvalue weighted by Gasteiger charge is -2.06. The highest BCUT2D eigenvalue weighted by Crippen LogP contribution is 2.31. The zero-order chi connectivity index (χ0) is 17.4. The van der Waals surface area contributed by atoms with Crippen molar-refractivity contribution < 1.29 is 13.9 Å². The van der Waals surface area contributed by atoms with E-state index in [2.05, 4.69) is 4.98 Å². The number of benzene rings is 2. The Kier molecular flexibility index (Phi) is 3.90. The van der Waals surface area contributed by atoms with Gasteiger partial charge in [0.1, 0.15) is 6.61 Å². The number of rotatable bonds is 3. The van der Waals surface area contributed by atoms with Gasteiger partial charge in [-0.2, -0.15) is 0 Å². The summed E-state index contributed by atoms with van der Waals surface area (Å²) >= 11 is 6.13. The van der Waals surface area contributed by atoms with Gasteiger partial charge in [0.25, 0.3) is 0 Å². The molecule has 0 radical (unpaired) electrons. The van der Waals surface area contributed by atoms with Crippen molar-refractivity contribution in [1.29, 1.82) is 0 Å². The van der Waals surface area contributed by atoms with Crippen LogP contribution in [0.25, 0.3) is 21.9 Å². The molecule has 0 aliphatic carbocycles. The normalized spacial score (nSPS) is 11.1. The number of aryl methyl sites for hydroxylation is 1.